The molecule has 10 nitrogen and oxygen atoms in total. The highest BCUT2D eigenvalue weighted by Crippen LogP contribution is 2.43. The van der Waals surface area contributed by atoms with E-state index < -0.39 is 32.5 Å². The summed E-state index contributed by atoms with van der Waals surface area (Å²) in [6.45, 7) is 4.06. The van der Waals surface area contributed by atoms with Crippen LogP contribution in [-0.4, -0.2) is 80.7 Å². The van der Waals surface area contributed by atoms with Crippen LogP contribution in [0.4, 0.5) is 0 Å². The number of unbranched alkanes of at least 4 members (excludes halogenated alkanes) is 11. The number of likely N-dealkylation sites (N-methyl/N-ethyl adjacent to an activating group) is 1. The van der Waals surface area contributed by atoms with Crippen molar-refractivity contribution in [3.8, 4) is 0 Å². The molecule has 0 saturated carbocycles. The number of ether oxygens (including phenoxy) is 2. The first-order valence-electron chi connectivity index (χ1n) is 21.6. The number of phosphoric ester groups is 1. The lowest BCUT2D eigenvalue weighted by Gasteiger charge is -2.24. The van der Waals surface area contributed by atoms with Crippen molar-refractivity contribution in [3.63, 3.8) is 0 Å². The minimum Gasteiger partial charge on any atom is -0.462 e. The highest BCUT2D eigenvalue weighted by molar-refractivity contribution is 7.47. The summed E-state index contributed by atoms with van der Waals surface area (Å²) in [6.07, 6.45) is 42.0. The Hall–Kier alpha value is -2.88. The van der Waals surface area contributed by atoms with Gasteiger partial charge in [0.25, 0.3) is 0 Å². The lowest BCUT2D eigenvalue weighted by Crippen LogP contribution is -2.37. The maximum atomic E-state index is 12.7. The van der Waals surface area contributed by atoms with Crippen molar-refractivity contribution in [2.75, 3.05) is 47.5 Å². The number of nitrogens with zero attached hydrogens (tertiary/aromatic N) is 1. The van der Waals surface area contributed by atoms with Gasteiger partial charge in [0.1, 0.15) is 19.8 Å². The minimum absolute atomic E-state index is 0.00155. The Balaban J connectivity index is 4.51. The molecule has 0 bridgehead atoms. The molecule has 0 aliphatic heterocycles. The SMILES string of the molecule is CC/C=C\C/C=C\C/C=C\C/C=C\CCCCCCC(=O)OC[C@H](COP(=O)(O)OCC[N+](C)(C)C)OC(=O)CCCCCCCC(=O)/C=C/C=C\CCCCC. The van der Waals surface area contributed by atoms with Crippen LogP contribution in [0, 0.1) is 0 Å². The molecule has 11 heteroatoms. The molecule has 2 atom stereocenters. The van der Waals surface area contributed by atoms with Crippen LogP contribution < -0.4 is 0 Å². The van der Waals surface area contributed by atoms with Gasteiger partial charge in [0.15, 0.2) is 11.9 Å². The average molecular weight is 821 g/mol. The maximum Gasteiger partial charge on any atom is 0.472 e. The Morgan fingerprint density at radius 3 is 1.79 bits per heavy atom. The second-order valence-corrected chi connectivity index (χ2v) is 16.8. The largest absolute Gasteiger partial charge is 0.472 e. The Labute approximate surface area is 346 Å². The van der Waals surface area contributed by atoms with Crippen molar-refractivity contribution in [2.24, 2.45) is 0 Å². The smallest absolute Gasteiger partial charge is 0.462 e. The van der Waals surface area contributed by atoms with Crippen LogP contribution in [0.3, 0.4) is 0 Å². The van der Waals surface area contributed by atoms with Crippen LogP contribution in [0.15, 0.2) is 72.9 Å². The molecule has 0 heterocycles. The molecule has 0 amide bonds. The number of hydrogen-bond donors (Lipinski definition) is 1. The monoisotopic (exact) mass is 821 g/mol. The van der Waals surface area contributed by atoms with E-state index in [1.54, 1.807) is 6.08 Å². The maximum absolute atomic E-state index is 12.7. The number of rotatable bonds is 38. The third-order valence-corrected chi connectivity index (χ3v) is 9.68. The number of phosphoric acid groups is 1. The zero-order chi connectivity index (χ0) is 42.3. The van der Waals surface area contributed by atoms with E-state index in [9.17, 15) is 23.8 Å². The molecule has 326 valence electrons. The molecule has 1 N–H and O–H groups in total. The number of ketones is 1. The van der Waals surface area contributed by atoms with E-state index in [-0.39, 0.29) is 31.8 Å². The van der Waals surface area contributed by atoms with E-state index in [0.717, 1.165) is 83.5 Å². The fourth-order valence-corrected chi connectivity index (χ4v) is 6.02. The molecule has 0 aromatic rings. The first-order chi connectivity index (χ1) is 27.4. The quantitative estimate of drug-likeness (QED) is 0.0123. The highest BCUT2D eigenvalue weighted by Gasteiger charge is 2.27. The van der Waals surface area contributed by atoms with Gasteiger partial charge in [-0.05, 0) is 76.7 Å². The Kier molecular flexibility index (Phi) is 35.5. The number of allylic oxidation sites excluding steroid dienone is 12. The number of esters is 2. The Bertz CT molecular complexity index is 1260. The van der Waals surface area contributed by atoms with Crippen LogP contribution >= 0.6 is 7.82 Å². The number of hydrogen-bond acceptors (Lipinski definition) is 8. The van der Waals surface area contributed by atoms with Crippen molar-refractivity contribution >= 4 is 25.5 Å². The van der Waals surface area contributed by atoms with Crippen molar-refractivity contribution in [1.29, 1.82) is 0 Å². The van der Waals surface area contributed by atoms with Crippen molar-refractivity contribution in [2.45, 2.75) is 155 Å². The fourth-order valence-electron chi connectivity index (χ4n) is 5.28. The summed E-state index contributed by atoms with van der Waals surface area (Å²) in [5, 5.41) is 0. The standard InChI is InChI=1S/C46H78NO9P/c1-6-8-10-12-14-15-16-17-18-19-20-21-22-23-25-29-33-37-45(49)53-41-44(42-55-57(51,52)54-40-39-47(3,4)5)56-46(50)38-34-30-26-28-32-36-43(48)35-31-27-24-13-11-9-7-2/h8,10,14-15,17-18,20-21,24,27,31,35,44H,6-7,9,11-13,16,19,22-23,25-26,28-30,32-34,36-42H2,1-5H3/p+1/b10-8-,15-14-,18-17-,21-20-,27-24-,35-31+/t44-/m1/s1. The van der Waals surface area contributed by atoms with Crippen molar-refractivity contribution in [1.82, 2.24) is 0 Å². The summed E-state index contributed by atoms with van der Waals surface area (Å²) >= 11 is 0. The minimum atomic E-state index is -4.42. The van der Waals surface area contributed by atoms with Crippen LogP contribution in [0.5, 0.6) is 0 Å². The van der Waals surface area contributed by atoms with Gasteiger partial charge in [-0.15, -0.1) is 0 Å². The molecule has 0 spiro atoms. The van der Waals surface area contributed by atoms with Gasteiger partial charge in [-0.3, -0.25) is 23.4 Å². The molecule has 1 unspecified atom stereocenters. The molecular weight excluding hydrogens is 741 g/mol. The molecule has 0 aliphatic rings. The normalized spacial score (nSPS) is 14.2. The second-order valence-electron chi connectivity index (χ2n) is 15.4. The lowest BCUT2D eigenvalue weighted by molar-refractivity contribution is -0.870. The third-order valence-electron chi connectivity index (χ3n) is 8.70. The molecule has 0 rings (SSSR count). The van der Waals surface area contributed by atoms with Gasteiger partial charge in [-0.25, -0.2) is 4.57 Å². The molecule has 0 aliphatic carbocycles. The van der Waals surface area contributed by atoms with Gasteiger partial charge < -0.3 is 18.9 Å². The fraction of sp³-hybridized carbons (Fsp3) is 0.674. The van der Waals surface area contributed by atoms with Crippen molar-refractivity contribution < 1.29 is 46.8 Å². The molecule has 0 fully saturated rings. The zero-order valence-corrected chi connectivity index (χ0v) is 37.2. The van der Waals surface area contributed by atoms with Crippen molar-refractivity contribution in [3.05, 3.63) is 72.9 Å². The molecular formula is C46H79NO9P+. The molecule has 0 aromatic heterocycles. The van der Waals surface area contributed by atoms with Gasteiger partial charge >= 0.3 is 19.8 Å². The van der Waals surface area contributed by atoms with Crippen LogP contribution in [0.1, 0.15) is 149 Å². The molecule has 0 radical (unpaired) electrons. The summed E-state index contributed by atoms with van der Waals surface area (Å²) in [5.41, 5.74) is 0. The van der Waals surface area contributed by atoms with Gasteiger partial charge in [0, 0.05) is 19.3 Å². The summed E-state index contributed by atoms with van der Waals surface area (Å²) in [5.74, 6) is -0.811. The summed E-state index contributed by atoms with van der Waals surface area (Å²) < 4.78 is 34.2. The van der Waals surface area contributed by atoms with E-state index in [0.29, 0.717) is 30.3 Å². The van der Waals surface area contributed by atoms with Gasteiger partial charge in [0.05, 0.1) is 27.7 Å². The third kappa shape index (κ3) is 41.1. The summed E-state index contributed by atoms with van der Waals surface area (Å²) in [4.78, 5) is 47.4. The Morgan fingerprint density at radius 1 is 0.614 bits per heavy atom. The van der Waals surface area contributed by atoms with Crippen LogP contribution in [0.2, 0.25) is 0 Å². The zero-order valence-electron chi connectivity index (χ0n) is 36.3. The first-order valence-corrected chi connectivity index (χ1v) is 23.1. The molecule has 0 saturated heterocycles. The Morgan fingerprint density at radius 2 is 1.16 bits per heavy atom. The molecule has 0 aromatic carbocycles. The van der Waals surface area contributed by atoms with Gasteiger partial charge in [-0.2, -0.15) is 0 Å². The first kappa shape index (κ1) is 54.1. The van der Waals surface area contributed by atoms with E-state index in [1.165, 1.54) is 19.3 Å². The summed E-state index contributed by atoms with van der Waals surface area (Å²) in [7, 11) is 1.37. The average Bonchev–Trinajstić information content (AvgIpc) is 3.15. The lowest BCUT2D eigenvalue weighted by atomic mass is 10.1. The van der Waals surface area contributed by atoms with E-state index >= 15 is 0 Å². The number of carbonyl (C=O) groups is 3. The second kappa shape index (κ2) is 37.4. The van der Waals surface area contributed by atoms with E-state index in [2.05, 4.69) is 68.5 Å². The number of quaternary nitrogens is 1. The van der Waals surface area contributed by atoms with Gasteiger partial charge in [-0.1, -0.05) is 126 Å². The molecule has 57 heavy (non-hydrogen) atoms. The summed E-state index contributed by atoms with van der Waals surface area (Å²) in [6, 6.07) is 0. The topological polar surface area (TPSA) is 125 Å². The van der Waals surface area contributed by atoms with E-state index in [4.69, 9.17) is 18.5 Å². The predicted molar refractivity (Wildman–Crippen MR) is 234 cm³/mol. The van der Waals surface area contributed by atoms with Gasteiger partial charge in [0.2, 0.25) is 0 Å². The predicted octanol–water partition coefficient (Wildman–Crippen LogP) is 11.4. The highest BCUT2D eigenvalue weighted by atomic mass is 31.2. The number of carbonyl (C=O) groups excluding carboxylic acids is 3. The van der Waals surface area contributed by atoms with Crippen LogP contribution in [-0.2, 0) is 37.5 Å². The van der Waals surface area contributed by atoms with Crippen LogP contribution in [0.25, 0.3) is 0 Å². The van der Waals surface area contributed by atoms with E-state index in [1.807, 2.05) is 33.3 Å².